The quantitative estimate of drug-likeness (QED) is 0.943. The summed E-state index contributed by atoms with van der Waals surface area (Å²) in [6, 6.07) is 12.4. The molecule has 0 amide bonds. The first-order chi connectivity index (χ1) is 11.1. The van der Waals surface area contributed by atoms with Crippen molar-refractivity contribution in [3.8, 4) is 6.07 Å². The van der Waals surface area contributed by atoms with Crippen molar-refractivity contribution in [3.05, 3.63) is 47.2 Å². The van der Waals surface area contributed by atoms with Gasteiger partial charge < -0.3 is 15.2 Å². The van der Waals surface area contributed by atoms with Crippen molar-refractivity contribution in [1.82, 2.24) is 4.57 Å². The van der Waals surface area contributed by atoms with Gasteiger partial charge in [-0.15, -0.1) is 0 Å². The number of hydrogen-bond donors (Lipinski definition) is 1. The van der Waals surface area contributed by atoms with E-state index >= 15 is 0 Å². The van der Waals surface area contributed by atoms with Gasteiger partial charge in [0.1, 0.15) is 17.6 Å². The Morgan fingerprint density at radius 2 is 2.13 bits per heavy atom. The summed E-state index contributed by atoms with van der Waals surface area (Å²) in [7, 11) is 0. The van der Waals surface area contributed by atoms with E-state index in [1.54, 1.807) is 0 Å². The fourth-order valence-electron chi connectivity index (χ4n) is 3.51. The van der Waals surface area contributed by atoms with Crippen LogP contribution in [-0.4, -0.2) is 17.7 Å². The fraction of sp³-hybridized carbons (Fsp3) is 0.421. The summed E-state index contributed by atoms with van der Waals surface area (Å²) in [6.07, 6.45) is 2.44. The summed E-state index contributed by atoms with van der Waals surface area (Å²) < 4.78 is 2.08. The van der Waals surface area contributed by atoms with Gasteiger partial charge in [0, 0.05) is 13.1 Å². The molecule has 0 unspecified atom stereocenters. The molecule has 1 fully saturated rings. The number of aromatic nitrogens is 1. The van der Waals surface area contributed by atoms with Crippen molar-refractivity contribution in [2.45, 2.75) is 33.2 Å². The molecule has 1 aliphatic heterocycles. The van der Waals surface area contributed by atoms with Gasteiger partial charge in [-0.05, 0) is 42.9 Å². The van der Waals surface area contributed by atoms with Crippen LogP contribution in [0.5, 0.6) is 0 Å². The lowest BCUT2D eigenvalue weighted by Crippen LogP contribution is -2.36. The lowest BCUT2D eigenvalue weighted by molar-refractivity contribution is 0.441. The highest BCUT2D eigenvalue weighted by molar-refractivity contribution is 5.68. The molecule has 0 spiro atoms. The van der Waals surface area contributed by atoms with Gasteiger partial charge in [0.05, 0.1) is 12.2 Å². The molecule has 120 valence electrons. The summed E-state index contributed by atoms with van der Waals surface area (Å²) in [4.78, 5) is 2.35. The normalized spacial score (nSPS) is 18.0. The smallest absolute Gasteiger partial charge is 0.133 e. The van der Waals surface area contributed by atoms with Crippen LogP contribution in [0.2, 0.25) is 0 Å². The molecule has 1 atom stereocenters. The maximum Gasteiger partial charge on any atom is 0.133 e. The molecule has 1 saturated heterocycles. The molecule has 23 heavy (non-hydrogen) atoms. The number of nitriles is 1. The molecule has 0 bridgehead atoms. The summed E-state index contributed by atoms with van der Waals surface area (Å²) in [5, 5.41) is 9.51. The van der Waals surface area contributed by atoms with E-state index in [-0.39, 0.29) is 0 Å². The molecule has 1 aromatic carbocycles. The first kappa shape index (κ1) is 15.5. The van der Waals surface area contributed by atoms with E-state index in [4.69, 9.17) is 5.73 Å². The van der Waals surface area contributed by atoms with Gasteiger partial charge in [-0.2, -0.15) is 5.26 Å². The minimum atomic E-state index is 0.638. The van der Waals surface area contributed by atoms with Gasteiger partial charge in [-0.1, -0.05) is 31.2 Å². The summed E-state index contributed by atoms with van der Waals surface area (Å²) in [6.45, 7) is 7.09. The Labute approximate surface area is 138 Å². The molecular formula is C19H24N4. The first-order valence-corrected chi connectivity index (χ1v) is 8.28. The van der Waals surface area contributed by atoms with E-state index in [9.17, 15) is 5.26 Å². The Kier molecular flexibility index (Phi) is 4.29. The molecule has 2 N–H and O–H groups in total. The van der Waals surface area contributed by atoms with Gasteiger partial charge in [0.25, 0.3) is 0 Å². The minimum absolute atomic E-state index is 0.638. The predicted molar refractivity (Wildman–Crippen MR) is 94.5 cm³/mol. The Balaban J connectivity index is 2.01. The average molecular weight is 308 g/mol. The Morgan fingerprint density at radius 1 is 1.35 bits per heavy atom. The van der Waals surface area contributed by atoms with Crippen LogP contribution in [-0.2, 0) is 6.54 Å². The number of piperidine rings is 1. The van der Waals surface area contributed by atoms with Gasteiger partial charge in [0.2, 0.25) is 0 Å². The van der Waals surface area contributed by atoms with E-state index in [0.29, 0.717) is 23.8 Å². The second-order valence-electron chi connectivity index (χ2n) is 6.63. The number of aryl methyl sites for hydroxylation is 1. The molecule has 2 aromatic rings. The molecule has 4 heteroatoms. The van der Waals surface area contributed by atoms with Gasteiger partial charge in [-0.25, -0.2) is 0 Å². The molecule has 4 nitrogen and oxygen atoms in total. The topological polar surface area (TPSA) is 58.0 Å². The average Bonchev–Trinajstić information content (AvgIpc) is 2.85. The molecule has 3 rings (SSSR count). The largest absolute Gasteiger partial charge is 0.396 e. The zero-order valence-corrected chi connectivity index (χ0v) is 13.9. The van der Waals surface area contributed by atoms with Crippen LogP contribution in [0, 0.1) is 24.2 Å². The van der Waals surface area contributed by atoms with E-state index in [1.165, 1.54) is 24.0 Å². The molecule has 0 radical (unpaired) electrons. The van der Waals surface area contributed by atoms with Crippen LogP contribution in [0.25, 0.3) is 0 Å². The lowest BCUT2D eigenvalue weighted by atomic mass is 10.0. The van der Waals surface area contributed by atoms with Crippen molar-refractivity contribution >= 4 is 11.5 Å². The lowest BCUT2D eigenvalue weighted by Gasteiger charge is -2.34. The van der Waals surface area contributed by atoms with Crippen molar-refractivity contribution in [1.29, 1.82) is 5.26 Å². The third kappa shape index (κ3) is 3.05. The highest BCUT2D eigenvalue weighted by Gasteiger charge is 2.23. The standard InChI is InChI=1S/C19H24N4/c1-14-6-5-9-22(12-14)19-18(21)10-17(11-20)23(19)13-16-8-4-3-7-15(16)2/h3-4,7-8,10,14H,5-6,9,12-13,21H2,1-2H3/t14-/m0/s1. The predicted octanol–water partition coefficient (Wildman–Crippen LogP) is 3.54. The zero-order chi connectivity index (χ0) is 16.4. The van der Waals surface area contributed by atoms with Crippen LogP contribution < -0.4 is 10.6 Å². The van der Waals surface area contributed by atoms with Crippen molar-refractivity contribution < 1.29 is 0 Å². The van der Waals surface area contributed by atoms with Crippen LogP contribution in [0.4, 0.5) is 11.5 Å². The fourth-order valence-corrected chi connectivity index (χ4v) is 3.51. The zero-order valence-electron chi connectivity index (χ0n) is 13.9. The van der Waals surface area contributed by atoms with Crippen molar-refractivity contribution in [3.63, 3.8) is 0 Å². The SMILES string of the molecule is Cc1ccccc1Cn1c(C#N)cc(N)c1N1CCC[C@H](C)C1. The van der Waals surface area contributed by atoms with E-state index in [2.05, 4.69) is 41.5 Å². The third-order valence-corrected chi connectivity index (χ3v) is 4.76. The molecule has 1 aromatic heterocycles. The minimum Gasteiger partial charge on any atom is -0.396 e. The monoisotopic (exact) mass is 308 g/mol. The summed E-state index contributed by atoms with van der Waals surface area (Å²) in [5.74, 6) is 1.67. The highest BCUT2D eigenvalue weighted by atomic mass is 15.3. The summed E-state index contributed by atoms with van der Waals surface area (Å²) in [5.41, 5.74) is 10.1. The molecular weight excluding hydrogens is 284 g/mol. The maximum atomic E-state index is 9.51. The highest BCUT2D eigenvalue weighted by Crippen LogP contribution is 2.32. The number of nitrogen functional groups attached to an aromatic ring is 1. The Bertz CT molecular complexity index is 738. The van der Waals surface area contributed by atoms with Crippen molar-refractivity contribution in [2.75, 3.05) is 23.7 Å². The number of nitrogens with zero attached hydrogens (tertiary/aromatic N) is 3. The van der Waals surface area contributed by atoms with Gasteiger partial charge >= 0.3 is 0 Å². The Morgan fingerprint density at radius 3 is 2.83 bits per heavy atom. The first-order valence-electron chi connectivity index (χ1n) is 8.28. The van der Waals surface area contributed by atoms with Crippen LogP contribution in [0.1, 0.15) is 36.6 Å². The van der Waals surface area contributed by atoms with Gasteiger partial charge in [0.15, 0.2) is 0 Å². The second-order valence-corrected chi connectivity index (χ2v) is 6.63. The van der Waals surface area contributed by atoms with E-state index < -0.39 is 0 Å². The molecule has 0 aliphatic carbocycles. The summed E-state index contributed by atoms with van der Waals surface area (Å²) >= 11 is 0. The maximum absolute atomic E-state index is 9.51. The van der Waals surface area contributed by atoms with Crippen LogP contribution in [0.15, 0.2) is 30.3 Å². The van der Waals surface area contributed by atoms with Crippen LogP contribution in [0.3, 0.4) is 0 Å². The second kappa shape index (κ2) is 6.37. The molecule has 2 heterocycles. The number of hydrogen-bond acceptors (Lipinski definition) is 3. The number of benzene rings is 1. The van der Waals surface area contributed by atoms with Crippen LogP contribution >= 0.6 is 0 Å². The van der Waals surface area contributed by atoms with E-state index in [1.807, 2.05) is 18.2 Å². The Hall–Kier alpha value is -2.41. The number of rotatable bonds is 3. The van der Waals surface area contributed by atoms with Crippen molar-refractivity contribution in [2.24, 2.45) is 5.92 Å². The number of anilines is 2. The molecule has 0 saturated carbocycles. The number of nitrogens with two attached hydrogens (primary N) is 1. The van der Waals surface area contributed by atoms with Gasteiger partial charge in [-0.3, -0.25) is 0 Å². The molecule has 1 aliphatic rings. The van der Waals surface area contributed by atoms with E-state index in [0.717, 1.165) is 18.9 Å². The third-order valence-electron chi connectivity index (χ3n) is 4.76.